The summed E-state index contributed by atoms with van der Waals surface area (Å²) in [5.74, 6) is 1.45. The van der Waals surface area contributed by atoms with Gasteiger partial charge >= 0.3 is 0 Å². The van der Waals surface area contributed by atoms with Crippen molar-refractivity contribution in [2.24, 2.45) is 0 Å². The Hall–Kier alpha value is -3.29. The van der Waals surface area contributed by atoms with Crippen LogP contribution in [0.2, 0.25) is 0 Å². The molecule has 150 valence electrons. The summed E-state index contributed by atoms with van der Waals surface area (Å²) in [6.07, 6.45) is 1.61. The molecule has 0 N–H and O–H groups in total. The number of anilines is 2. The minimum Gasteiger partial charge on any atom is -0.353 e. The third-order valence-corrected chi connectivity index (χ3v) is 5.31. The summed E-state index contributed by atoms with van der Waals surface area (Å²) in [6.45, 7) is 7.54. The summed E-state index contributed by atoms with van der Waals surface area (Å²) in [7, 11) is 0. The van der Waals surface area contributed by atoms with Crippen molar-refractivity contribution in [2.75, 3.05) is 36.0 Å². The van der Waals surface area contributed by atoms with E-state index < -0.39 is 0 Å². The molecule has 7 nitrogen and oxygen atoms in total. The molecule has 0 aliphatic carbocycles. The van der Waals surface area contributed by atoms with Gasteiger partial charge in [-0.3, -0.25) is 4.79 Å². The van der Waals surface area contributed by atoms with Gasteiger partial charge < -0.3 is 9.80 Å². The Morgan fingerprint density at radius 3 is 2.34 bits per heavy atom. The summed E-state index contributed by atoms with van der Waals surface area (Å²) < 4.78 is 14.5. The number of aryl methyl sites for hydroxylation is 1. The van der Waals surface area contributed by atoms with Crippen molar-refractivity contribution in [3.63, 3.8) is 0 Å². The van der Waals surface area contributed by atoms with Gasteiger partial charge in [-0.15, -0.1) is 0 Å². The second-order valence-electron chi connectivity index (χ2n) is 7.20. The number of hydrogen-bond acceptors (Lipinski definition) is 6. The van der Waals surface area contributed by atoms with Gasteiger partial charge in [0.15, 0.2) is 0 Å². The minimum absolute atomic E-state index is 0.177. The Balaban J connectivity index is 1.48. The average Bonchev–Trinajstić information content (AvgIpc) is 2.73. The maximum Gasteiger partial charge on any atom is 0.267 e. The highest BCUT2D eigenvalue weighted by Crippen LogP contribution is 2.21. The highest BCUT2D eigenvalue weighted by atomic mass is 19.1. The largest absolute Gasteiger partial charge is 0.353 e. The molecule has 8 heteroatoms. The van der Waals surface area contributed by atoms with Gasteiger partial charge in [0, 0.05) is 43.5 Å². The zero-order valence-electron chi connectivity index (χ0n) is 16.5. The van der Waals surface area contributed by atoms with Crippen molar-refractivity contribution < 1.29 is 4.39 Å². The van der Waals surface area contributed by atoms with Crippen molar-refractivity contribution in [1.82, 2.24) is 19.7 Å². The molecule has 3 aromatic rings. The van der Waals surface area contributed by atoms with E-state index in [4.69, 9.17) is 0 Å². The van der Waals surface area contributed by atoms with Crippen molar-refractivity contribution in [3.8, 4) is 0 Å². The molecule has 3 heterocycles. The first kappa shape index (κ1) is 19.0. The fourth-order valence-corrected chi connectivity index (χ4v) is 3.47. The lowest BCUT2D eigenvalue weighted by molar-refractivity contribution is 0.596. The monoisotopic (exact) mass is 394 g/mol. The predicted octanol–water partition coefficient (Wildman–Crippen LogP) is 2.16. The van der Waals surface area contributed by atoms with Gasteiger partial charge in [-0.05, 0) is 37.6 Å². The third-order valence-electron chi connectivity index (χ3n) is 5.31. The van der Waals surface area contributed by atoms with Crippen LogP contribution in [0.3, 0.4) is 0 Å². The molecule has 1 saturated heterocycles. The lowest BCUT2D eigenvalue weighted by atomic mass is 10.2. The average molecular weight is 394 g/mol. The summed E-state index contributed by atoms with van der Waals surface area (Å²) in [4.78, 5) is 25.3. The van der Waals surface area contributed by atoms with Crippen LogP contribution in [0, 0.1) is 19.7 Å². The molecule has 0 atom stereocenters. The Morgan fingerprint density at radius 2 is 1.62 bits per heavy atom. The van der Waals surface area contributed by atoms with Gasteiger partial charge in [-0.25, -0.2) is 19.0 Å². The molecule has 0 radical (unpaired) electrons. The summed E-state index contributed by atoms with van der Waals surface area (Å²) in [6, 6.07) is 9.41. The van der Waals surface area contributed by atoms with E-state index in [1.165, 1.54) is 22.9 Å². The van der Waals surface area contributed by atoms with Gasteiger partial charge in [-0.1, -0.05) is 12.1 Å². The molecule has 1 fully saturated rings. The standard InChI is InChI=1S/C21H23FN6O/c1-15-16(2)23-14-24-21(15)27-11-9-26(10-12-27)19-7-8-20(29)28(25-19)13-17-3-5-18(22)6-4-17/h3-8,14H,9-13H2,1-2H3. The third kappa shape index (κ3) is 4.11. The molecule has 2 aromatic heterocycles. The van der Waals surface area contributed by atoms with Crippen LogP contribution in [0.15, 0.2) is 47.5 Å². The van der Waals surface area contributed by atoms with E-state index in [2.05, 4.69) is 24.9 Å². The Bertz CT molecular complexity index is 1060. The fourth-order valence-electron chi connectivity index (χ4n) is 3.47. The van der Waals surface area contributed by atoms with E-state index >= 15 is 0 Å². The molecular formula is C21H23FN6O. The van der Waals surface area contributed by atoms with Crippen LogP contribution in [0.1, 0.15) is 16.8 Å². The highest BCUT2D eigenvalue weighted by molar-refractivity contribution is 5.50. The molecule has 0 unspecified atom stereocenters. The van der Waals surface area contributed by atoms with Crippen molar-refractivity contribution in [1.29, 1.82) is 0 Å². The van der Waals surface area contributed by atoms with Gasteiger partial charge in [-0.2, -0.15) is 5.10 Å². The van der Waals surface area contributed by atoms with Crippen molar-refractivity contribution >= 4 is 11.6 Å². The molecule has 0 spiro atoms. The van der Waals surface area contributed by atoms with E-state index in [0.29, 0.717) is 6.54 Å². The van der Waals surface area contributed by atoms with E-state index in [-0.39, 0.29) is 11.4 Å². The van der Waals surface area contributed by atoms with Crippen LogP contribution in [0.4, 0.5) is 16.0 Å². The Labute approximate surface area is 168 Å². The lowest BCUT2D eigenvalue weighted by Gasteiger charge is -2.36. The number of benzene rings is 1. The Kier molecular flexibility index (Phi) is 5.24. The molecule has 29 heavy (non-hydrogen) atoms. The van der Waals surface area contributed by atoms with Crippen LogP contribution in [-0.4, -0.2) is 45.9 Å². The van der Waals surface area contributed by atoms with Crippen molar-refractivity contribution in [3.05, 3.63) is 75.7 Å². The maximum atomic E-state index is 13.1. The molecule has 1 aliphatic heterocycles. The first-order valence-electron chi connectivity index (χ1n) is 9.62. The summed E-state index contributed by atoms with van der Waals surface area (Å²) in [5.41, 5.74) is 2.75. The second-order valence-corrected chi connectivity index (χ2v) is 7.20. The van der Waals surface area contributed by atoms with E-state index in [0.717, 1.165) is 54.6 Å². The van der Waals surface area contributed by atoms with Crippen LogP contribution < -0.4 is 15.4 Å². The normalized spacial score (nSPS) is 14.3. The topological polar surface area (TPSA) is 67.2 Å². The van der Waals surface area contributed by atoms with Crippen LogP contribution in [0.25, 0.3) is 0 Å². The zero-order chi connectivity index (χ0) is 20.4. The van der Waals surface area contributed by atoms with E-state index in [9.17, 15) is 9.18 Å². The van der Waals surface area contributed by atoms with E-state index in [1.54, 1.807) is 24.5 Å². The first-order chi connectivity index (χ1) is 14.0. The number of halogens is 1. The van der Waals surface area contributed by atoms with Crippen LogP contribution >= 0.6 is 0 Å². The smallest absolute Gasteiger partial charge is 0.267 e. The number of nitrogens with zero attached hydrogens (tertiary/aromatic N) is 6. The number of rotatable bonds is 4. The predicted molar refractivity (Wildman–Crippen MR) is 110 cm³/mol. The van der Waals surface area contributed by atoms with Gasteiger partial charge in [0.25, 0.3) is 5.56 Å². The molecule has 0 amide bonds. The van der Waals surface area contributed by atoms with Crippen molar-refractivity contribution in [2.45, 2.75) is 20.4 Å². The van der Waals surface area contributed by atoms with Gasteiger partial charge in [0.2, 0.25) is 0 Å². The zero-order valence-corrected chi connectivity index (χ0v) is 16.5. The molecule has 4 rings (SSSR count). The number of aromatic nitrogens is 4. The molecule has 1 aliphatic rings. The summed E-state index contributed by atoms with van der Waals surface area (Å²) in [5, 5.41) is 4.54. The van der Waals surface area contributed by atoms with Gasteiger partial charge in [0.1, 0.15) is 23.8 Å². The highest BCUT2D eigenvalue weighted by Gasteiger charge is 2.21. The SMILES string of the molecule is Cc1ncnc(N2CCN(c3ccc(=O)n(Cc4ccc(F)cc4)n3)CC2)c1C. The van der Waals surface area contributed by atoms with Crippen LogP contribution in [0.5, 0.6) is 0 Å². The van der Waals surface area contributed by atoms with Gasteiger partial charge in [0.05, 0.1) is 6.54 Å². The number of hydrogen-bond donors (Lipinski definition) is 0. The lowest BCUT2D eigenvalue weighted by Crippen LogP contribution is -2.47. The molecule has 0 saturated carbocycles. The molecule has 1 aromatic carbocycles. The van der Waals surface area contributed by atoms with E-state index in [1.807, 2.05) is 13.8 Å². The summed E-state index contributed by atoms with van der Waals surface area (Å²) >= 11 is 0. The molecular weight excluding hydrogens is 371 g/mol. The molecule has 0 bridgehead atoms. The fraction of sp³-hybridized carbons (Fsp3) is 0.333. The van der Waals surface area contributed by atoms with Crippen LogP contribution in [-0.2, 0) is 6.54 Å². The second kappa shape index (κ2) is 7.98. The Morgan fingerprint density at radius 1 is 0.931 bits per heavy atom. The minimum atomic E-state index is -0.296. The maximum absolute atomic E-state index is 13.1. The quantitative estimate of drug-likeness (QED) is 0.676. The number of piperazine rings is 1. The first-order valence-corrected chi connectivity index (χ1v) is 9.62.